The molecular weight excluding hydrogens is 244 g/mol. The van der Waals surface area contributed by atoms with Crippen molar-refractivity contribution in [2.75, 3.05) is 13.1 Å². The second kappa shape index (κ2) is 6.00. The zero-order valence-corrected chi connectivity index (χ0v) is 10.9. The zero-order chi connectivity index (χ0) is 12.1. The largest absolute Gasteiger partial charge is 0.352 e. The number of rotatable bonds is 4. The summed E-state index contributed by atoms with van der Waals surface area (Å²) in [5.41, 5.74) is 0. The first-order chi connectivity index (χ1) is 7.60. The quantitative estimate of drug-likeness (QED) is 0.801. The van der Waals surface area contributed by atoms with Gasteiger partial charge in [-0.1, -0.05) is 30.1 Å². The second-order valence-electron chi connectivity index (χ2n) is 2.95. The second-order valence-corrected chi connectivity index (χ2v) is 5.42. The van der Waals surface area contributed by atoms with Crippen molar-refractivity contribution >= 4 is 35.3 Å². The van der Waals surface area contributed by atoms with Crippen LogP contribution in [0.3, 0.4) is 0 Å². The van der Waals surface area contributed by atoms with Crippen LogP contribution in [-0.4, -0.2) is 24.9 Å². The monoisotopic (exact) mass is 258 g/mol. The number of thioether (sulfide) groups is 2. The number of nitrogens with one attached hydrogen (secondary N) is 2. The summed E-state index contributed by atoms with van der Waals surface area (Å²) in [6, 6.07) is 0. The third-order valence-corrected chi connectivity index (χ3v) is 4.00. The molecule has 2 N–H and O–H groups in total. The predicted molar refractivity (Wildman–Crippen MR) is 68.7 cm³/mol. The maximum atomic E-state index is 11.7. The van der Waals surface area contributed by atoms with E-state index < -0.39 is 0 Å². The summed E-state index contributed by atoms with van der Waals surface area (Å²) in [7, 11) is 0. The lowest BCUT2D eigenvalue weighted by Gasteiger charge is -2.05. The molecule has 1 heterocycles. The molecule has 0 unspecified atom stereocenters. The van der Waals surface area contributed by atoms with E-state index in [1.807, 2.05) is 13.8 Å². The summed E-state index contributed by atoms with van der Waals surface area (Å²) in [4.78, 5) is 24.3. The van der Waals surface area contributed by atoms with Crippen molar-refractivity contribution in [3.05, 3.63) is 20.6 Å². The molecule has 0 atom stereocenters. The lowest BCUT2D eigenvalue weighted by molar-refractivity contribution is -0.119. The van der Waals surface area contributed by atoms with Crippen molar-refractivity contribution in [1.29, 1.82) is 0 Å². The van der Waals surface area contributed by atoms with E-state index in [0.29, 0.717) is 22.9 Å². The highest BCUT2D eigenvalue weighted by atomic mass is 32.2. The molecule has 1 aliphatic heterocycles. The molecule has 0 radical (unpaired) electrons. The molecule has 1 aliphatic rings. The highest BCUT2D eigenvalue weighted by Crippen LogP contribution is 2.48. The van der Waals surface area contributed by atoms with Gasteiger partial charge in [-0.2, -0.15) is 0 Å². The molecule has 0 fully saturated rings. The Hall–Kier alpha value is -0.880. The van der Waals surface area contributed by atoms with Crippen LogP contribution in [-0.2, 0) is 9.59 Å². The van der Waals surface area contributed by atoms with Gasteiger partial charge in [0.15, 0.2) is 0 Å². The fourth-order valence-corrected chi connectivity index (χ4v) is 3.19. The van der Waals surface area contributed by atoms with Crippen LogP contribution >= 0.6 is 23.5 Å². The van der Waals surface area contributed by atoms with Gasteiger partial charge >= 0.3 is 0 Å². The molecule has 0 bridgehead atoms. The Labute approximate surface area is 103 Å². The molecule has 0 aromatic heterocycles. The van der Waals surface area contributed by atoms with Gasteiger partial charge in [0.2, 0.25) is 0 Å². The van der Waals surface area contributed by atoms with E-state index in [0.717, 1.165) is 4.24 Å². The molecule has 0 saturated heterocycles. The predicted octanol–water partition coefficient (Wildman–Crippen LogP) is 1.42. The van der Waals surface area contributed by atoms with Crippen molar-refractivity contribution in [2.24, 2.45) is 0 Å². The van der Waals surface area contributed by atoms with Gasteiger partial charge < -0.3 is 10.6 Å². The van der Waals surface area contributed by atoms with Crippen LogP contribution in [0.25, 0.3) is 0 Å². The first-order valence-electron chi connectivity index (χ1n) is 4.95. The topological polar surface area (TPSA) is 58.2 Å². The molecule has 0 spiro atoms. The van der Waals surface area contributed by atoms with E-state index >= 15 is 0 Å². The minimum absolute atomic E-state index is 0.208. The highest BCUT2D eigenvalue weighted by molar-refractivity contribution is 8.29. The van der Waals surface area contributed by atoms with Crippen LogP contribution < -0.4 is 10.6 Å². The Morgan fingerprint density at radius 1 is 1.06 bits per heavy atom. The highest BCUT2D eigenvalue weighted by Gasteiger charge is 2.29. The number of carbonyl (C=O) groups is 2. The first-order valence-corrected chi connectivity index (χ1v) is 6.58. The molecular formula is C10H14N2O2S2. The smallest absolute Gasteiger partial charge is 0.259 e. The van der Waals surface area contributed by atoms with E-state index in [2.05, 4.69) is 17.2 Å². The van der Waals surface area contributed by atoms with Crippen molar-refractivity contribution in [2.45, 2.75) is 13.8 Å². The minimum Gasteiger partial charge on any atom is -0.352 e. The SMILES string of the molecule is C=C1SC(C(=O)NCC)=C(C(=O)NCC)S1. The first kappa shape index (κ1) is 13.2. The van der Waals surface area contributed by atoms with Crippen LogP contribution in [0, 0.1) is 0 Å². The summed E-state index contributed by atoms with van der Waals surface area (Å²) >= 11 is 2.50. The van der Waals surface area contributed by atoms with E-state index in [1.165, 1.54) is 23.5 Å². The number of carbonyl (C=O) groups excluding carboxylic acids is 2. The Kier molecular flexibility index (Phi) is 4.95. The van der Waals surface area contributed by atoms with Crippen LogP contribution in [0.4, 0.5) is 0 Å². The zero-order valence-electron chi connectivity index (χ0n) is 9.25. The summed E-state index contributed by atoms with van der Waals surface area (Å²) < 4.78 is 0.752. The molecule has 1 rings (SSSR count). The maximum absolute atomic E-state index is 11.7. The maximum Gasteiger partial charge on any atom is 0.259 e. The van der Waals surface area contributed by atoms with Crippen molar-refractivity contribution in [3.8, 4) is 0 Å². The van der Waals surface area contributed by atoms with Gasteiger partial charge in [-0.3, -0.25) is 9.59 Å². The number of hydrogen-bond donors (Lipinski definition) is 2. The number of amides is 2. The molecule has 0 aromatic carbocycles. The van der Waals surface area contributed by atoms with E-state index in [9.17, 15) is 9.59 Å². The summed E-state index contributed by atoms with van der Waals surface area (Å²) in [5.74, 6) is -0.417. The Balaban J connectivity index is 2.89. The standard InChI is InChI=1S/C10H14N2O2S2/c1-4-11-9(13)7-8(10(14)12-5-2)16-6(3)15-7/h3-5H2,1-2H3,(H,11,13)(H,12,14). The molecule has 0 aromatic rings. The van der Waals surface area contributed by atoms with Gasteiger partial charge in [-0.25, -0.2) is 0 Å². The van der Waals surface area contributed by atoms with Crippen LogP contribution in [0.5, 0.6) is 0 Å². The lowest BCUT2D eigenvalue weighted by atomic mass is 10.4. The number of likely N-dealkylation sites (N-methyl/N-ethyl adjacent to an activating group) is 2. The Morgan fingerprint density at radius 3 is 1.75 bits per heavy atom. The van der Waals surface area contributed by atoms with Gasteiger partial charge in [-0.15, -0.1) is 0 Å². The Morgan fingerprint density at radius 2 is 1.44 bits per heavy atom. The van der Waals surface area contributed by atoms with Gasteiger partial charge in [0.1, 0.15) is 0 Å². The van der Waals surface area contributed by atoms with E-state index in [4.69, 9.17) is 0 Å². The van der Waals surface area contributed by atoms with Gasteiger partial charge in [0.05, 0.1) is 9.81 Å². The third-order valence-electron chi connectivity index (χ3n) is 1.73. The Bertz CT molecular complexity index is 332. The van der Waals surface area contributed by atoms with Crippen molar-refractivity contribution < 1.29 is 9.59 Å². The average Bonchev–Trinajstić information content (AvgIpc) is 2.61. The molecule has 2 amide bonds. The van der Waals surface area contributed by atoms with E-state index in [1.54, 1.807) is 0 Å². The lowest BCUT2D eigenvalue weighted by Crippen LogP contribution is -2.27. The van der Waals surface area contributed by atoms with Crippen molar-refractivity contribution in [3.63, 3.8) is 0 Å². The number of hydrogen-bond acceptors (Lipinski definition) is 4. The summed E-state index contributed by atoms with van der Waals surface area (Å²) in [6.45, 7) is 8.53. The van der Waals surface area contributed by atoms with E-state index in [-0.39, 0.29) is 11.8 Å². The van der Waals surface area contributed by atoms with Crippen LogP contribution in [0.2, 0.25) is 0 Å². The third kappa shape index (κ3) is 3.05. The minimum atomic E-state index is -0.208. The fraction of sp³-hybridized carbons (Fsp3) is 0.400. The summed E-state index contributed by atoms with van der Waals surface area (Å²) in [5, 5.41) is 5.37. The fourth-order valence-electron chi connectivity index (χ4n) is 1.12. The van der Waals surface area contributed by atoms with Gasteiger partial charge in [0, 0.05) is 17.3 Å². The van der Waals surface area contributed by atoms with Crippen LogP contribution in [0.1, 0.15) is 13.8 Å². The van der Waals surface area contributed by atoms with Gasteiger partial charge in [-0.05, 0) is 13.8 Å². The molecule has 0 aliphatic carbocycles. The molecule has 0 saturated carbocycles. The molecule has 16 heavy (non-hydrogen) atoms. The molecule has 6 heteroatoms. The average molecular weight is 258 g/mol. The van der Waals surface area contributed by atoms with Crippen LogP contribution in [0.15, 0.2) is 20.6 Å². The van der Waals surface area contributed by atoms with Gasteiger partial charge in [0.25, 0.3) is 11.8 Å². The normalized spacial score (nSPS) is 15.2. The molecule has 4 nitrogen and oxygen atoms in total. The summed E-state index contributed by atoms with van der Waals surface area (Å²) in [6.07, 6.45) is 0. The molecule has 88 valence electrons. The van der Waals surface area contributed by atoms with Crippen molar-refractivity contribution in [1.82, 2.24) is 10.6 Å².